The number of hydrogen-bond acceptors (Lipinski definition) is 11. The maximum Gasteiger partial charge on any atom is 0.407 e. The van der Waals surface area contributed by atoms with Crippen LogP contribution in [0.2, 0.25) is 0 Å². The Hall–Kier alpha value is -3.83. The summed E-state index contributed by atoms with van der Waals surface area (Å²) < 4.78 is 32.0. The molecule has 1 amide bonds. The van der Waals surface area contributed by atoms with Gasteiger partial charge in [-0.1, -0.05) is 12.1 Å². The van der Waals surface area contributed by atoms with Gasteiger partial charge in [0.2, 0.25) is 0 Å². The Morgan fingerprint density at radius 2 is 1.20 bits per heavy atom. The zero-order valence-electron chi connectivity index (χ0n) is 20.3. The Morgan fingerprint density at radius 3 is 1.69 bits per heavy atom. The normalized spacial score (nSPS) is 25.4. The van der Waals surface area contributed by atoms with E-state index in [1.807, 2.05) is 0 Å². The van der Waals surface area contributed by atoms with Crippen LogP contribution in [0.15, 0.2) is 24.3 Å². The maximum atomic E-state index is 12.3. The largest absolute Gasteiger partial charge is 0.497 e. The molecular formula is C23H29NO11. The third kappa shape index (κ3) is 7.08. The second kappa shape index (κ2) is 12.0. The minimum absolute atomic E-state index is 0.441. The number of ether oxygens (including phenoxy) is 6. The van der Waals surface area contributed by atoms with Crippen molar-refractivity contribution in [3.63, 3.8) is 0 Å². The maximum absolute atomic E-state index is 12.3. The zero-order valence-corrected chi connectivity index (χ0v) is 20.3. The molecule has 192 valence electrons. The van der Waals surface area contributed by atoms with Gasteiger partial charge in [-0.15, -0.1) is 0 Å². The van der Waals surface area contributed by atoms with Crippen molar-refractivity contribution in [2.24, 2.45) is 0 Å². The first-order valence-electron chi connectivity index (χ1n) is 10.7. The minimum Gasteiger partial charge on any atom is -0.497 e. The number of methoxy groups -OCH3 is 2. The van der Waals surface area contributed by atoms with E-state index in [4.69, 9.17) is 28.4 Å². The highest BCUT2D eigenvalue weighted by Crippen LogP contribution is 2.41. The number of hydrogen-bond donors (Lipinski definition) is 1. The number of rotatable bonds is 7. The number of amides is 1. The molecule has 2 rings (SSSR count). The Morgan fingerprint density at radius 1 is 0.714 bits per heavy atom. The number of esters is 4. The van der Waals surface area contributed by atoms with Gasteiger partial charge in [0.25, 0.3) is 0 Å². The van der Waals surface area contributed by atoms with Crippen LogP contribution in [0, 0.1) is 0 Å². The summed E-state index contributed by atoms with van der Waals surface area (Å²) in [4.78, 5) is 60.5. The molecule has 0 spiro atoms. The number of carbonyl (C=O) groups excluding carboxylic acids is 5. The highest BCUT2D eigenvalue weighted by Gasteiger charge is 2.58. The fourth-order valence-electron chi connectivity index (χ4n) is 4.12. The van der Waals surface area contributed by atoms with Gasteiger partial charge in [-0.05, 0) is 17.7 Å². The third-order valence-corrected chi connectivity index (χ3v) is 5.22. The van der Waals surface area contributed by atoms with Crippen LogP contribution in [-0.4, -0.2) is 74.6 Å². The molecule has 1 N–H and O–H groups in total. The highest BCUT2D eigenvalue weighted by molar-refractivity contribution is 5.71. The van der Waals surface area contributed by atoms with E-state index in [0.717, 1.165) is 34.8 Å². The quantitative estimate of drug-likeness (QED) is 0.429. The molecule has 0 bridgehead atoms. The van der Waals surface area contributed by atoms with E-state index in [1.165, 1.54) is 7.11 Å². The predicted octanol–water partition coefficient (Wildman–Crippen LogP) is 1.24. The molecule has 1 aliphatic rings. The molecule has 35 heavy (non-hydrogen) atoms. The lowest BCUT2D eigenvalue weighted by Gasteiger charge is -2.48. The molecule has 0 aliphatic heterocycles. The fourth-order valence-corrected chi connectivity index (χ4v) is 4.12. The van der Waals surface area contributed by atoms with Gasteiger partial charge in [-0.3, -0.25) is 19.2 Å². The molecule has 1 aromatic rings. The molecule has 6 atom stereocenters. The van der Waals surface area contributed by atoms with Gasteiger partial charge in [0.1, 0.15) is 5.75 Å². The van der Waals surface area contributed by atoms with Crippen molar-refractivity contribution in [3.05, 3.63) is 29.8 Å². The summed E-state index contributed by atoms with van der Waals surface area (Å²) >= 11 is 0. The molecule has 12 heteroatoms. The Bertz CT molecular complexity index is 963. The summed E-state index contributed by atoms with van der Waals surface area (Å²) in [5, 5.41) is 2.59. The lowest BCUT2D eigenvalue weighted by Crippen LogP contribution is -2.68. The Kier molecular flexibility index (Phi) is 9.43. The van der Waals surface area contributed by atoms with Gasteiger partial charge in [0.05, 0.1) is 20.3 Å². The van der Waals surface area contributed by atoms with Crippen LogP contribution in [0.1, 0.15) is 39.2 Å². The third-order valence-electron chi connectivity index (χ3n) is 5.22. The van der Waals surface area contributed by atoms with E-state index in [1.54, 1.807) is 24.3 Å². The van der Waals surface area contributed by atoms with Gasteiger partial charge < -0.3 is 33.7 Å². The first kappa shape index (κ1) is 27.4. The number of carbonyl (C=O) groups is 5. The van der Waals surface area contributed by atoms with Crippen molar-refractivity contribution in [1.29, 1.82) is 0 Å². The second-order valence-corrected chi connectivity index (χ2v) is 7.76. The fraction of sp³-hybridized carbons (Fsp3) is 0.522. The molecule has 1 aromatic carbocycles. The summed E-state index contributed by atoms with van der Waals surface area (Å²) in [7, 11) is 2.59. The molecule has 0 aromatic heterocycles. The first-order valence-corrected chi connectivity index (χ1v) is 10.7. The SMILES string of the molecule is COC(=O)N[C@H]1[C@H](OC(C)=O)[C@H](OC(C)=O)[C@@H](OC(C)=O)[C@H](OC(C)=O)[C@@H]1c1cccc(OC)c1. The van der Waals surface area contributed by atoms with Crippen LogP contribution >= 0.6 is 0 Å². The summed E-state index contributed by atoms with van der Waals surface area (Å²) in [6, 6.07) is 5.46. The average molecular weight is 495 g/mol. The van der Waals surface area contributed by atoms with Crippen LogP contribution in [0.5, 0.6) is 5.75 Å². The van der Waals surface area contributed by atoms with Crippen molar-refractivity contribution in [2.45, 2.75) is 64.1 Å². The van der Waals surface area contributed by atoms with Gasteiger partial charge in [0.15, 0.2) is 24.4 Å². The van der Waals surface area contributed by atoms with Crippen molar-refractivity contribution < 1.29 is 52.4 Å². The van der Waals surface area contributed by atoms with Crippen LogP contribution in [0.25, 0.3) is 0 Å². The summed E-state index contributed by atoms with van der Waals surface area (Å²) in [5.41, 5.74) is 0.479. The van der Waals surface area contributed by atoms with Gasteiger partial charge in [0, 0.05) is 33.6 Å². The van der Waals surface area contributed by atoms with Crippen LogP contribution in [0.3, 0.4) is 0 Å². The molecule has 1 aliphatic carbocycles. The van der Waals surface area contributed by atoms with E-state index in [2.05, 4.69) is 5.32 Å². The number of nitrogens with one attached hydrogen (secondary N) is 1. The van der Waals surface area contributed by atoms with Gasteiger partial charge in [-0.2, -0.15) is 0 Å². The molecule has 1 fully saturated rings. The highest BCUT2D eigenvalue weighted by atomic mass is 16.6. The average Bonchev–Trinajstić information content (AvgIpc) is 2.77. The smallest absolute Gasteiger partial charge is 0.407 e. The Balaban J connectivity index is 2.82. The van der Waals surface area contributed by atoms with E-state index < -0.39 is 66.3 Å². The number of alkyl carbamates (subject to hydrolysis) is 1. The van der Waals surface area contributed by atoms with Gasteiger partial charge in [-0.25, -0.2) is 4.79 Å². The lowest BCUT2D eigenvalue weighted by molar-refractivity contribution is -0.217. The standard InChI is InChI=1S/C23H29NO11/c1-11(25)32-19-17(15-8-7-9-16(10-15)30-5)18(24-23(29)31-6)20(33-12(2)26)22(35-14(4)28)21(19)34-13(3)27/h7-10,17-22H,1-6H3,(H,24,29)/t17-,18-,19-,20+,21+,22+/m1/s1. The molecule has 0 heterocycles. The first-order chi connectivity index (χ1) is 16.5. The Labute approximate surface area is 202 Å². The van der Waals surface area contributed by atoms with E-state index in [0.29, 0.717) is 11.3 Å². The van der Waals surface area contributed by atoms with Crippen LogP contribution in [-0.2, 0) is 42.9 Å². The monoisotopic (exact) mass is 495 g/mol. The van der Waals surface area contributed by atoms with Crippen LogP contribution < -0.4 is 10.1 Å². The van der Waals surface area contributed by atoms with Crippen molar-refractivity contribution in [1.82, 2.24) is 5.32 Å². The zero-order chi connectivity index (χ0) is 26.3. The lowest BCUT2D eigenvalue weighted by atomic mass is 9.72. The second-order valence-electron chi connectivity index (χ2n) is 7.76. The molecule has 0 radical (unpaired) electrons. The minimum atomic E-state index is -1.44. The summed E-state index contributed by atoms with van der Waals surface area (Å²) in [6.07, 6.45) is -6.36. The topological polar surface area (TPSA) is 153 Å². The molecule has 12 nitrogen and oxygen atoms in total. The van der Waals surface area contributed by atoms with Crippen molar-refractivity contribution in [3.8, 4) is 5.75 Å². The van der Waals surface area contributed by atoms with Crippen LogP contribution in [0.4, 0.5) is 4.79 Å². The summed E-state index contributed by atoms with van der Waals surface area (Å²) in [6.45, 7) is 4.50. The molecular weight excluding hydrogens is 466 g/mol. The molecule has 0 saturated heterocycles. The summed E-state index contributed by atoms with van der Waals surface area (Å²) in [5.74, 6) is -3.58. The van der Waals surface area contributed by atoms with E-state index >= 15 is 0 Å². The van der Waals surface area contributed by atoms with E-state index in [-0.39, 0.29) is 0 Å². The molecule has 0 unspecified atom stereocenters. The van der Waals surface area contributed by atoms with Gasteiger partial charge >= 0.3 is 30.0 Å². The van der Waals surface area contributed by atoms with Crippen molar-refractivity contribution >= 4 is 30.0 Å². The molecule has 1 saturated carbocycles. The van der Waals surface area contributed by atoms with Crippen molar-refractivity contribution in [2.75, 3.05) is 14.2 Å². The number of benzene rings is 1. The van der Waals surface area contributed by atoms with E-state index in [9.17, 15) is 24.0 Å². The predicted molar refractivity (Wildman–Crippen MR) is 117 cm³/mol.